The molecule has 82 valence electrons. The van der Waals surface area contributed by atoms with Gasteiger partial charge in [-0.15, -0.1) is 0 Å². The Hall–Kier alpha value is -0.530. The maximum Gasteiger partial charge on any atom is 0.0408 e. The average Bonchev–Trinajstić information content (AvgIpc) is 2.93. The van der Waals surface area contributed by atoms with Crippen molar-refractivity contribution in [2.45, 2.75) is 25.7 Å². The van der Waals surface area contributed by atoms with Gasteiger partial charge in [-0.2, -0.15) is 0 Å². The van der Waals surface area contributed by atoms with Crippen LogP contribution >= 0.6 is 11.6 Å². The second-order valence-electron chi connectivity index (χ2n) is 4.84. The molecule has 2 heteroatoms. The van der Waals surface area contributed by atoms with E-state index in [0.29, 0.717) is 17.3 Å². The summed E-state index contributed by atoms with van der Waals surface area (Å²) >= 11 is 6.04. The first-order chi connectivity index (χ1) is 7.11. The molecule has 0 aromatic heterocycles. The molecule has 1 aliphatic rings. The topological polar surface area (TPSA) is 26.0 Å². The average molecular weight is 224 g/mol. The van der Waals surface area contributed by atoms with Crippen molar-refractivity contribution in [1.82, 2.24) is 0 Å². The molecule has 1 fully saturated rings. The van der Waals surface area contributed by atoms with Gasteiger partial charge in [0.1, 0.15) is 0 Å². The summed E-state index contributed by atoms with van der Waals surface area (Å²) in [5.74, 6) is 1.26. The van der Waals surface area contributed by atoms with Gasteiger partial charge in [-0.1, -0.05) is 37.6 Å². The Morgan fingerprint density at radius 1 is 1.53 bits per heavy atom. The van der Waals surface area contributed by atoms with E-state index in [0.717, 1.165) is 11.6 Å². The molecular weight excluding hydrogens is 206 g/mol. The lowest BCUT2D eigenvalue weighted by molar-refractivity contribution is 0.442. The lowest BCUT2D eigenvalue weighted by atomic mass is 9.83. The molecule has 0 aliphatic heterocycles. The number of halogens is 1. The normalized spacial score (nSPS) is 29.5. The summed E-state index contributed by atoms with van der Waals surface area (Å²) in [6, 6.07) is 8.24. The van der Waals surface area contributed by atoms with Crippen LogP contribution in [0.4, 0.5) is 0 Å². The fourth-order valence-electron chi connectivity index (χ4n) is 2.81. The van der Waals surface area contributed by atoms with E-state index in [-0.39, 0.29) is 0 Å². The first-order valence-electron chi connectivity index (χ1n) is 5.57. The zero-order valence-electron chi connectivity index (χ0n) is 9.33. The summed E-state index contributed by atoms with van der Waals surface area (Å²) in [7, 11) is 0. The smallest absolute Gasteiger partial charge is 0.0408 e. The van der Waals surface area contributed by atoms with Crippen molar-refractivity contribution in [2.24, 2.45) is 17.6 Å². The van der Waals surface area contributed by atoms with Gasteiger partial charge in [-0.05, 0) is 42.5 Å². The maximum atomic E-state index is 6.04. The van der Waals surface area contributed by atoms with Gasteiger partial charge in [-0.3, -0.25) is 0 Å². The second kappa shape index (κ2) is 3.80. The molecule has 1 aromatic carbocycles. The van der Waals surface area contributed by atoms with Gasteiger partial charge in [0.25, 0.3) is 0 Å². The highest BCUT2D eigenvalue weighted by Crippen LogP contribution is 2.58. The third-order valence-electron chi connectivity index (χ3n) is 3.83. The fourth-order valence-corrected chi connectivity index (χ4v) is 3.00. The van der Waals surface area contributed by atoms with E-state index < -0.39 is 0 Å². The minimum Gasteiger partial charge on any atom is -0.330 e. The van der Waals surface area contributed by atoms with Crippen molar-refractivity contribution in [3.05, 3.63) is 34.9 Å². The van der Waals surface area contributed by atoms with E-state index in [9.17, 15) is 0 Å². The molecule has 1 aliphatic carbocycles. The molecule has 2 N–H and O–H groups in total. The molecule has 0 saturated heterocycles. The van der Waals surface area contributed by atoms with Crippen molar-refractivity contribution in [1.29, 1.82) is 0 Å². The number of nitrogens with two attached hydrogens (primary N) is 1. The van der Waals surface area contributed by atoms with E-state index in [4.69, 9.17) is 17.3 Å². The Labute approximate surface area is 96.6 Å². The van der Waals surface area contributed by atoms with E-state index in [1.54, 1.807) is 0 Å². The van der Waals surface area contributed by atoms with Crippen molar-refractivity contribution in [2.75, 3.05) is 6.54 Å². The van der Waals surface area contributed by atoms with Crippen molar-refractivity contribution in [3.63, 3.8) is 0 Å². The van der Waals surface area contributed by atoms with Crippen LogP contribution in [-0.4, -0.2) is 6.54 Å². The molecule has 15 heavy (non-hydrogen) atoms. The van der Waals surface area contributed by atoms with Crippen LogP contribution in [0, 0.1) is 11.8 Å². The highest BCUT2D eigenvalue weighted by molar-refractivity contribution is 6.30. The summed E-state index contributed by atoms with van der Waals surface area (Å²) in [5, 5.41) is 0.829. The maximum absolute atomic E-state index is 6.04. The SMILES string of the molecule is CC(C)C1(c2cccc(Cl)c2)C[C@H]1CN. The van der Waals surface area contributed by atoms with Crippen LogP contribution in [0.15, 0.2) is 24.3 Å². The molecule has 1 saturated carbocycles. The number of rotatable bonds is 3. The molecule has 0 amide bonds. The van der Waals surface area contributed by atoms with Crippen LogP contribution in [-0.2, 0) is 5.41 Å². The van der Waals surface area contributed by atoms with Gasteiger partial charge >= 0.3 is 0 Å². The molecule has 0 bridgehead atoms. The number of hydrogen-bond acceptors (Lipinski definition) is 1. The van der Waals surface area contributed by atoms with Gasteiger partial charge in [0.15, 0.2) is 0 Å². The van der Waals surface area contributed by atoms with Crippen LogP contribution in [0.5, 0.6) is 0 Å². The number of hydrogen-bond donors (Lipinski definition) is 1. The van der Waals surface area contributed by atoms with E-state index in [1.807, 2.05) is 12.1 Å². The Morgan fingerprint density at radius 2 is 2.27 bits per heavy atom. The summed E-state index contributed by atoms with van der Waals surface area (Å²) in [4.78, 5) is 0. The van der Waals surface area contributed by atoms with Gasteiger partial charge in [0, 0.05) is 10.4 Å². The second-order valence-corrected chi connectivity index (χ2v) is 5.28. The minimum absolute atomic E-state index is 0.291. The Kier molecular flexibility index (Phi) is 2.78. The van der Waals surface area contributed by atoms with Crippen LogP contribution in [0.1, 0.15) is 25.8 Å². The van der Waals surface area contributed by atoms with Crippen LogP contribution in [0.2, 0.25) is 5.02 Å². The van der Waals surface area contributed by atoms with E-state index in [1.165, 1.54) is 12.0 Å². The van der Waals surface area contributed by atoms with E-state index >= 15 is 0 Å². The molecule has 0 heterocycles. The monoisotopic (exact) mass is 223 g/mol. The molecular formula is C13H18ClN. The van der Waals surface area contributed by atoms with Crippen LogP contribution < -0.4 is 5.73 Å². The predicted octanol–water partition coefficient (Wildman–Crippen LogP) is 3.21. The van der Waals surface area contributed by atoms with Gasteiger partial charge < -0.3 is 5.73 Å². The fraction of sp³-hybridized carbons (Fsp3) is 0.538. The zero-order valence-corrected chi connectivity index (χ0v) is 10.1. The molecule has 1 nitrogen and oxygen atoms in total. The largest absolute Gasteiger partial charge is 0.330 e. The standard InChI is InChI=1S/C13H18ClN/c1-9(2)13(7-11(13)8-15)10-4-3-5-12(14)6-10/h3-6,9,11H,7-8,15H2,1-2H3/t11-,13?/m0/s1. The zero-order chi connectivity index (χ0) is 11.1. The lowest BCUT2D eigenvalue weighted by Gasteiger charge is -2.22. The first-order valence-corrected chi connectivity index (χ1v) is 5.95. The molecule has 1 aromatic rings. The minimum atomic E-state index is 0.291. The van der Waals surface area contributed by atoms with Crippen LogP contribution in [0.25, 0.3) is 0 Å². The molecule has 1 unspecified atom stereocenters. The molecule has 2 atom stereocenters. The van der Waals surface area contributed by atoms with E-state index in [2.05, 4.69) is 26.0 Å². The van der Waals surface area contributed by atoms with Gasteiger partial charge in [0.05, 0.1) is 0 Å². The lowest BCUT2D eigenvalue weighted by Crippen LogP contribution is -2.21. The number of benzene rings is 1. The summed E-state index contributed by atoms with van der Waals surface area (Å²) in [6.07, 6.45) is 1.21. The highest BCUT2D eigenvalue weighted by Gasteiger charge is 2.56. The van der Waals surface area contributed by atoms with Crippen LogP contribution in [0.3, 0.4) is 0 Å². The summed E-state index contributed by atoms with van der Waals surface area (Å²) < 4.78 is 0. The van der Waals surface area contributed by atoms with Gasteiger partial charge in [-0.25, -0.2) is 0 Å². The van der Waals surface area contributed by atoms with Crippen molar-refractivity contribution >= 4 is 11.6 Å². The Morgan fingerprint density at radius 3 is 2.73 bits per heavy atom. The Balaban J connectivity index is 2.36. The summed E-state index contributed by atoms with van der Waals surface area (Å²) in [6.45, 7) is 5.33. The quantitative estimate of drug-likeness (QED) is 0.837. The summed E-state index contributed by atoms with van der Waals surface area (Å²) in [5.41, 5.74) is 7.44. The third-order valence-corrected chi connectivity index (χ3v) is 4.06. The Bertz CT molecular complexity index is 361. The molecule has 0 radical (unpaired) electrons. The highest BCUT2D eigenvalue weighted by atomic mass is 35.5. The van der Waals surface area contributed by atoms with Crippen molar-refractivity contribution < 1.29 is 0 Å². The van der Waals surface area contributed by atoms with Gasteiger partial charge in [0.2, 0.25) is 0 Å². The third kappa shape index (κ3) is 1.68. The molecule has 2 rings (SSSR count). The predicted molar refractivity (Wildman–Crippen MR) is 65.1 cm³/mol. The van der Waals surface area contributed by atoms with Crippen molar-refractivity contribution in [3.8, 4) is 0 Å². The molecule has 0 spiro atoms. The first kappa shape index (κ1) is 11.0.